The Morgan fingerprint density at radius 1 is 1.12 bits per heavy atom. The number of carbonyl (C=O) groups excluding carboxylic acids is 1. The SMILES string of the molecule is CC1(C)OB(c2ccc(C3(C(N)=NC(=O)c4cnn(C5COC5)c4)CCC3)cc2)OC1(C)C. The van der Waals surface area contributed by atoms with Gasteiger partial charge in [0.1, 0.15) is 5.84 Å². The lowest BCUT2D eigenvalue weighted by Gasteiger charge is -2.41. The maximum Gasteiger partial charge on any atom is 0.494 e. The Hall–Kier alpha value is -2.49. The summed E-state index contributed by atoms with van der Waals surface area (Å²) < 4.78 is 19.3. The van der Waals surface area contributed by atoms with E-state index < -0.39 is 12.5 Å². The first-order valence-electron chi connectivity index (χ1n) is 11.6. The van der Waals surface area contributed by atoms with E-state index in [0.717, 1.165) is 30.3 Å². The molecule has 0 radical (unpaired) electrons. The second-order valence-corrected chi connectivity index (χ2v) is 10.3. The average molecular weight is 450 g/mol. The Morgan fingerprint density at radius 3 is 2.27 bits per heavy atom. The summed E-state index contributed by atoms with van der Waals surface area (Å²) in [6, 6.07) is 8.35. The van der Waals surface area contributed by atoms with E-state index in [2.05, 4.69) is 22.2 Å². The number of rotatable bonds is 5. The van der Waals surface area contributed by atoms with Crippen LogP contribution in [0.15, 0.2) is 41.7 Å². The van der Waals surface area contributed by atoms with Crippen LogP contribution in [0.3, 0.4) is 0 Å². The highest BCUT2D eigenvalue weighted by Gasteiger charge is 2.52. The molecule has 3 heterocycles. The molecule has 9 heteroatoms. The summed E-state index contributed by atoms with van der Waals surface area (Å²) in [6.07, 6.45) is 6.04. The minimum absolute atomic E-state index is 0.188. The fourth-order valence-electron chi connectivity index (χ4n) is 4.47. The van der Waals surface area contributed by atoms with Crippen molar-refractivity contribution in [2.45, 2.75) is 69.6 Å². The molecule has 174 valence electrons. The van der Waals surface area contributed by atoms with E-state index in [4.69, 9.17) is 19.8 Å². The zero-order chi connectivity index (χ0) is 23.4. The summed E-state index contributed by atoms with van der Waals surface area (Å²) in [4.78, 5) is 17.1. The van der Waals surface area contributed by atoms with E-state index >= 15 is 0 Å². The zero-order valence-corrected chi connectivity index (χ0v) is 19.7. The first-order chi connectivity index (χ1) is 15.6. The second kappa shape index (κ2) is 7.79. The number of aromatic nitrogens is 2. The predicted octanol–water partition coefficient (Wildman–Crippen LogP) is 2.37. The number of benzene rings is 1. The molecule has 0 spiro atoms. The molecule has 2 aromatic rings. The molecule has 1 aromatic heterocycles. The Bertz CT molecular complexity index is 1070. The zero-order valence-electron chi connectivity index (χ0n) is 19.7. The van der Waals surface area contributed by atoms with Gasteiger partial charge < -0.3 is 19.8 Å². The molecule has 3 aliphatic rings. The number of amidine groups is 1. The van der Waals surface area contributed by atoms with E-state index in [1.807, 2.05) is 39.8 Å². The number of nitrogens with zero attached hydrogens (tertiary/aromatic N) is 3. The van der Waals surface area contributed by atoms with Gasteiger partial charge in [-0.2, -0.15) is 10.1 Å². The number of hydrogen-bond acceptors (Lipinski definition) is 5. The maximum atomic E-state index is 12.8. The van der Waals surface area contributed by atoms with Crippen LogP contribution in [0.1, 0.15) is 68.9 Å². The largest absolute Gasteiger partial charge is 0.494 e. The van der Waals surface area contributed by atoms with E-state index in [9.17, 15) is 4.79 Å². The third-order valence-corrected chi connectivity index (χ3v) is 7.75. The van der Waals surface area contributed by atoms with Gasteiger partial charge in [0.15, 0.2) is 0 Å². The van der Waals surface area contributed by atoms with Crippen molar-refractivity contribution in [1.29, 1.82) is 0 Å². The smallest absolute Gasteiger partial charge is 0.399 e. The van der Waals surface area contributed by atoms with Gasteiger partial charge in [-0.05, 0) is 51.6 Å². The van der Waals surface area contributed by atoms with Crippen LogP contribution in [0.2, 0.25) is 0 Å². The highest BCUT2D eigenvalue weighted by Crippen LogP contribution is 2.44. The van der Waals surface area contributed by atoms with E-state index in [-0.39, 0.29) is 23.2 Å². The predicted molar refractivity (Wildman–Crippen MR) is 126 cm³/mol. The number of aliphatic imine (C=N–C) groups is 1. The molecule has 1 saturated carbocycles. The van der Waals surface area contributed by atoms with Crippen LogP contribution in [-0.4, -0.2) is 53.1 Å². The molecule has 1 aromatic carbocycles. The number of ether oxygens (including phenoxy) is 1. The van der Waals surface area contributed by atoms with Crippen molar-refractivity contribution in [2.24, 2.45) is 10.7 Å². The summed E-state index contributed by atoms with van der Waals surface area (Å²) in [6.45, 7) is 9.41. The van der Waals surface area contributed by atoms with Crippen molar-refractivity contribution in [2.75, 3.05) is 13.2 Å². The Morgan fingerprint density at radius 2 is 1.76 bits per heavy atom. The minimum Gasteiger partial charge on any atom is -0.399 e. The van der Waals surface area contributed by atoms with E-state index in [0.29, 0.717) is 24.6 Å². The second-order valence-electron chi connectivity index (χ2n) is 10.3. The van der Waals surface area contributed by atoms with Crippen molar-refractivity contribution < 1.29 is 18.8 Å². The molecule has 3 fully saturated rings. The van der Waals surface area contributed by atoms with Gasteiger partial charge in [-0.15, -0.1) is 0 Å². The van der Waals surface area contributed by atoms with Crippen LogP contribution >= 0.6 is 0 Å². The van der Waals surface area contributed by atoms with Crippen LogP contribution < -0.4 is 11.2 Å². The van der Waals surface area contributed by atoms with Crippen LogP contribution in [-0.2, 0) is 19.5 Å². The van der Waals surface area contributed by atoms with Gasteiger partial charge >= 0.3 is 7.12 Å². The highest BCUT2D eigenvalue weighted by molar-refractivity contribution is 6.62. The van der Waals surface area contributed by atoms with Gasteiger partial charge in [0.2, 0.25) is 0 Å². The van der Waals surface area contributed by atoms with Crippen molar-refractivity contribution in [1.82, 2.24) is 9.78 Å². The lowest BCUT2D eigenvalue weighted by molar-refractivity contribution is -0.0286. The molecule has 2 saturated heterocycles. The Kier molecular flexibility index (Phi) is 5.27. The van der Waals surface area contributed by atoms with Crippen molar-refractivity contribution in [3.8, 4) is 0 Å². The van der Waals surface area contributed by atoms with E-state index in [1.165, 1.54) is 0 Å². The Balaban J connectivity index is 1.34. The summed E-state index contributed by atoms with van der Waals surface area (Å²) >= 11 is 0. The minimum atomic E-state index is -0.415. The summed E-state index contributed by atoms with van der Waals surface area (Å²) in [7, 11) is -0.411. The molecule has 1 aliphatic carbocycles. The number of carbonyl (C=O) groups is 1. The van der Waals surface area contributed by atoms with Gasteiger partial charge in [-0.25, -0.2) is 0 Å². The lowest BCUT2D eigenvalue weighted by Crippen LogP contribution is -2.47. The Labute approximate surface area is 194 Å². The molecule has 0 unspecified atom stereocenters. The summed E-state index contributed by atoms with van der Waals surface area (Å²) in [5.74, 6) is 0.000894. The van der Waals surface area contributed by atoms with E-state index in [1.54, 1.807) is 17.1 Å². The van der Waals surface area contributed by atoms with Gasteiger partial charge in [0, 0.05) is 6.20 Å². The molecule has 0 atom stereocenters. The maximum absolute atomic E-state index is 12.8. The highest BCUT2D eigenvalue weighted by atomic mass is 16.7. The van der Waals surface area contributed by atoms with Crippen molar-refractivity contribution in [3.63, 3.8) is 0 Å². The van der Waals surface area contributed by atoms with Gasteiger partial charge in [-0.1, -0.05) is 30.7 Å². The third kappa shape index (κ3) is 3.72. The molecule has 5 rings (SSSR count). The van der Waals surface area contributed by atoms with Crippen LogP contribution in [0.5, 0.6) is 0 Å². The first kappa shape index (κ1) is 22.3. The molecule has 2 N–H and O–H groups in total. The quantitative estimate of drug-likeness (QED) is 0.427. The number of amides is 1. The molecule has 1 amide bonds. The van der Waals surface area contributed by atoms with Crippen molar-refractivity contribution in [3.05, 3.63) is 47.8 Å². The fraction of sp³-hybridized carbons (Fsp3) is 0.542. The van der Waals surface area contributed by atoms with Crippen LogP contribution in [0.25, 0.3) is 0 Å². The number of nitrogens with two attached hydrogens (primary N) is 1. The molecule has 8 nitrogen and oxygen atoms in total. The molecular weight excluding hydrogens is 419 g/mol. The lowest BCUT2D eigenvalue weighted by atomic mass is 9.63. The van der Waals surface area contributed by atoms with Gasteiger partial charge in [0.05, 0.1) is 47.6 Å². The standard InChI is InChI=1S/C24H31BN4O4/c1-22(2)23(3,4)33-25(32-22)18-8-6-17(7-9-18)24(10-5-11-24)21(26)28-20(30)16-12-27-29(13-16)19-14-31-15-19/h6-9,12-13,19H,5,10-11,14-15H2,1-4H3,(H2,26,28,30). The third-order valence-electron chi connectivity index (χ3n) is 7.75. The molecule has 2 aliphatic heterocycles. The molecule has 33 heavy (non-hydrogen) atoms. The molecule has 0 bridgehead atoms. The number of hydrogen-bond donors (Lipinski definition) is 1. The monoisotopic (exact) mass is 450 g/mol. The normalized spacial score (nSPS) is 23.8. The fourth-order valence-corrected chi connectivity index (χ4v) is 4.47. The van der Waals surface area contributed by atoms with Gasteiger partial charge in [0.25, 0.3) is 5.91 Å². The topological polar surface area (TPSA) is 101 Å². The van der Waals surface area contributed by atoms with Gasteiger partial charge in [-0.3, -0.25) is 9.48 Å². The summed E-state index contributed by atoms with van der Waals surface area (Å²) in [5, 5.41) is 4.27. The average Bonchev–Trinajstić information content (AvgIpc) is 3.22. The van der Waals surface area contributed by atoms with Crippen molar-refractivity contribution >= 4 is 24.3 Å². The van der Waals surface area contributed by atoms with Crippen LogP contribution in [0, 0.1) is 0 Å². The van der Waals surface area contributed by atoms with Crippen LogP contribution in [0.4, 0.5) is 0 Å². The molecular formula is C24H31BN4O4. The summed E-state index contributed by atoms with van der Waals surface area (Å²) in [5.41, 5.74) is 7.73. The first-order valence-corrected chi connectivity index (χ1v) is 11.6.